The maximum Gasteiger partial charge on any atom is 0.249 e. The summed E-state index contributed by atoms with van der Waals surface area (Å²) in [7, 11) is 0. The minimum Gasteiger partial charge on any atom is -0.376 e. The molecule has 1 amide bonds. The smallest absolute Gasteiger partial charge is 0.249 e. The normalized spacial score (nSPS) is 37.4. The van der Waals surface area contributed by atoms with Crippen molar-refractivity contribution < 1.29 is 18.7 Å². The van der Waals surface area contributed by atoms with Gasteiger partial charge in [-0.3, -0.25) is 4.79 Å². The lowest BCUT2D eigenvalue weighted by molar-refractivity contribution is -0.131. The second-order valence-electron chi connectivity index (χ2n) is 3.67. The summed E-state index contributed by atoms with van der Waals surface area (Å²) in [5.41, 5.74) is 0. The van der Waals surface area contributed by atoms with E-state index in [1.807, 2.05) is 0 Å². The number of halogens is 1. The van der Waals surface area contributed by atoms with Crippen LogP contribution in [0.1, 0.15) is 12.8 Å². The van der Waals surface area contributed by atoms with Crippen molar-refractivity contribution in [1.82, 2.24) is 5.32 Å². The summed E-state index contributed by atoms with van der Waals surface area (Å²) in [6.45, 7) is 0.967. The van der Waals surface area contributed by atoms with E-state index in [-0.39, 0.29) is 25.2 Å². The minimum atomic E-state index is -1.08. The first kappa shape index (κ1) is 9.86. The van der Waals surface area contributed by atoms with Gasteiger partial charge < -0.3 is 14.8 Å². The molecule has 0 bridgehead atoms. The van der Waals surface area contributed by atoms with Crippen molar-refractivity contribution in [3.63, 3.8) is 0 Å². The van der Waals surface area contributed by atoms with Crippen molar-refractivity contribution in [2.75, 3.05) is 19.8 Å². The van der Waals surface area contributed by atoms with Crippen LogP contribution in [0.15, 0.2) is 0 Å². The molecule has 80 valence electrons. The first-order valence-electron chi connectivity index (χ1n) is 4.91. The SMILES string of the molecule is O=C(NC1COCC1F)C1CCCO1. The van der Waals surface area contributed by atoms with Crippen molar-refractivity contribution >= 4 is 5.91 Å². The van der Waals surface area contributed by atoms with Gasteiger partial charge in [0.25, 0.3) is 0 Å². The van der Waals surface area contributed by atoms with Gasteiger partial charge in [-0.1, -0.05) is 0 Å². The Bertz CT molecular complexity index is 218. The Kier molecular flexibility index (Phi) is 2.98. The maximum atomic E-state index is 13.1. The number of rotatable bonds is 2. The van der Waals surface area contributed by atoms with Crippen LogP contribution >= 0.6 is 0 Å². The Hall–Kier alpha value is -0.680. The Balaban J connectivity index is 1.81. The van der Waals surface area contributed by atoms with E-state index in [0.717, 1.165) is 12.8 Å². The lowest BCUT2D eigenvalue weighted by atomic mass is 10.2. The third-order valence-corrected chi connectivity index (χ3v) is 2.56. The second-order valence-corrected chi connectivity index (χ2v) is 3.67. The second kappa shape index (κ2) is 4.23. The minimum absolute atomic E-state index is 0.0798. The summed E-state index contributed by atoms with van der Waals surface area (Å²) < 4.78 is 23.1. The van der Waals surface area contributed by atoms with Gasteiger partial charge in [0.1, 0.15) is 12.3 Å². The van der Waals surface area contributed by atoms with Gasteiger partial charge in [0.2, 0.25) is 5.91 Å². The number of carbonyl (C=O) groups is 1. The van der Waals surface area contributed by atoms with Crippen LogP contribution in [0.5, 0.6) is 0 Å². The topological polar surface area (TPSA) is 47.6 Å². The third kappa shape index (κ3) is 2.04. The van der Waals surface area contributed by atoms with Crippen molar-refractivity contribution in [2.45, 2.75) is 31.2 Å². The highest BCUT2D eigenvalue weighted by molar-refractivity contribution is 5.81. The van der Waals surface area contributed by atoms with Gasteiger partial charge in [0.05, 0.1) is 19.3 Å². The van der Waals surface area contributed by atoms with Gasteiger partial charge in [0.15, 0.2) is 0 Å². The lowest BCUT2D eigenvalue weighted by Crippen LogP contribution is -2.45. The maximum absolute atomic E-state index is 13.1. The number of hydrogen-bond donors (Lipinski definition) is 1. The number of alkyl halides is 1. The van der Waals surface area contributed by atoms with Crippen LogP contribution in [0.2, 0.25) is 0 Å². The van der Waals surface area contributed by atoms with Crippen molar-refractivity contribution in [3.05, 3.63) is 0 Å². The van der Waals surface area contributed by atoms with Crippen LogP contribution in [-0.4, -0.2) is 44.0 Å². The molecule has 0 aromatic heterocycles. The average Bonchev–Trinajstić information content (AvgIpc) is 2.77. The van der Waals surface area contributed by atoms with E-state index in [0.29, 0.717) is 6.61 Å². The highest BCUT2D eigenvalue weighted by atomic mass is 19.1. The predicted octanol–water partition coefficient (Wildman–Crippen LogP) is 0.0185. The molecule has 0 saturated carbocycles. The number of amides is 1. The standard InChI is InChI=1S/C9H14FNO3/c10-6-4-13-5-7(6)11-9(12)8-2-1-3-14-8/h6-8H,1-5H2,(H,11,12). The Morgan fingerprint density at radius 1 is 1.43 bits per heavy atom. The van der Waals surface area contributed by atoms with Crippen molar-refractivity contribution in [3.8, 4) is 0 Å². The quantitative estimate of drug-likeness (QED) is 0.688. The summed E-state index contributed by atoms with van der Waals surface area (Å²) >= 11 is 0. The van der Waals surface area contributed by atoms with Gasteiger partial charge in [-0.2, -0.15) is 0 Å². The van der Waals surface area contributed by atoms with E-state index in [1.54, 1.807) is 0 Å². The molecule has 5 heteroatoms. The Morgan fingerprint density at radius 3 is 2.86 bits per heavy atom. The highest BCUT2D eigenvalue weighted by Gasteiger charge is 2.32. The third-order valence-electron chi connectivity index (χ3n) is 2.56. The molecule has 2 aliphatic heterocycles. The molecule has 2 aliphatic rings. The number of ether oxygens (including phenoxy) is 2. The van der Waals surface area contributed by atoms with E-state index in [9.17, 15) is 9.18 Å². The summed E-state index contributed by atoms with van der Waals surface area (Å²) in [5, 5.41) is 2.61. The number of carbonyl (C=O) groups excluding carboxylic acids is 1. The molecule has 14 heavy (non-hydrogen) atoms. The molecule has 1 N–H and O–H groups in total. The molecule has 2 rings (SSSR count). The molecule has 2 heterocycles. The van der Waals surface area contributed by atoms with E-state index < -0.39 is 12.2 Å². The van der Waals surface area contributed by atoms with Crippen molar-refractivity contribution in [1.29, 1.82) is 0 Å². The summed E-state index contributed by atoms with van der Waals surface area (Å²) in [4.78, 5) is 11.5. The van der Waals surface area contributed by atoms with Crippen LogP contribution < -0.4 is 5.32 Å². The van der Waals surface area contributed by atoms with Crippen LogP contribution in [0.4, 0.5) is 4.39 Å². The van der Waals surface area contributed by atoms with E-state index in [1.165, 1.54) is 0 Å². The first-order chi connectivity index (χ1) is 6.77. The molecular formula is C9H14FNO3. The van der Waals surface area contributed by atoms with Crippen LogP contribution in [-0.2, 0) is 14.3 Å². The Labute approximate surface area is 81.8 Å². The van der Waals surface area contributed by atoms with Crippen LogP contribution in [0.25, 0.3) is 0 Å². The first-order valence-corrected chi connectivity index (χ1v) is 4.91. The Morgan fingerprint density at radius 2 is 2.29 bits per heavy atom. The fourth-order valence-electron chi connectivity index (χ4n) is 1.72. The molecule has 3 unspecified atom stereocenters. The summed E-state index contributed by atoms with van der Waals surface area (Å²) in [6.07, 6.45) is 0.164. The van der Waals surface area contributed by atoms with Gasteiger partial charge >= 0.3 is 0 Å². The molecule has 0 spiro atoms. The molecule has 0 aromatic rings. The van der Waals surface area contributed by atoms with Gasteiger partial charge in [-0.05, 0) is 12.8 Å². The summed E-state index contributed by atoms with van der Waals surface area (Å²) in [6, 6.07) is -0.494. The number of nitrogens with one attached hydrogen (secondary N) is 1. The van der Waals surface area contributed by atoms with E-state index >= 15 is 0 Å². The molecule has 2 saturated heterocycles. The lowest BCUT2D eigenvalue weighted by Gasteiger charge is -2.16. The van der Waals surface area contributed by atoms with E-state index in [4.69, 9.17) is 9.47 Å². The van der Waals surface area contributed by atoms with E-state index in [2.05, 4.69) is 5.32 Å². The molecule has 0 aromatic carbocycles. The van der Waals surface area contributed by atoms with Gasteiger partial charge in [-0.25, -0.2) is 4.39 Å². The molecule has 0 aliphatic carbocycles. The zero-order valence-corrected chi connectivity index (χ0v) is 7.87. The molecular weight excluding hydrogens is 189 g/mol. The highest BCUT2D eigenvalue weighted by Crippen LogP contribution is 2.14. The summed E-state index contributed by atoms with van der Waals surface area (Å²) in [5.74, 6) is -0.208. The zero-order chi connectivity index (χ0) is 9.97. The van der Waals surface area contributed by atoms with Crippen LogP contribution in [0, 0.1) is 0 Å². The predicted molar refractivity (Wildman–Crippen MR) is 46.6 cm³/mol. The number of hydrogen-bond acceptors (Lipinski definition) is 3. The fourth-order valence-corrected chi connectivity index (χ4v) is 1.72. The van der Waals surface area contributed by atoms with Gasteiger partial charge in [0, 0.05) is 6.61 Å². The van der Waals surface area contributed by atoms with Crippen LogP contribution in [0.3, 0.4) is 0 Å². The monoisotopic (exact) mass is 203 g/mol. The molecule has 4 nitrogen and oxygen atoms in total. The largest absolute Gasteiger partial charge is 0.376 e. The van der Waals surface area contributed by atoms with Gasteiger partial charge in [-0.15, -0.1) is 0 Å². The molecule has 0 radical (unpaired) electrons. The molecule has 3 atom stereocenters. The zero-order valence-electron chi connectivity index (χ0n) is 7.87. The van der Waals surface area contributed by atoms with Crippen molar-refractivity contribution in [2.24, 2.45) is 0 Å². The fraction of sp³-hybridized carbons (Fsp3) is 0.889. The average molecular weight is 203 g/mol. The molecule has 2 fully saturated rings.